The van der Waals surface area contributed by atoms with Crippen LogP contribution in [-0.2, 0) is 10.1 Å². The van der Waals surface area contributed by atoms with Crippen LogP contribution in [0, 0.1) is 0 Å². The summed E-state index contributed by atoms with van der Waals surface area (Å²) in [6.07, 6.45) is 0. The molecule has 0 aliphatic rings. The van der Waals surface area contributed by atoms with Crippen LogP contribution in [0.2, 0.25) is 0 Å². The van der Waals surface area contributed by atoms with E-state index in [1.807, 2.05) is 0 Å². The molecular formula is C9H7F3O5S. The zero-order chi connectivity index (χ0) is 14.1. The van der Waals surface area contributed by atoms with Crippen LogP contribution in [0.25, 0.3) is 0 Å². The van der Waals surface area contributed by atoms with Crippen molar-refractivity contribution in [1.82, 2.24) is 0 Å². The molecule has 0 saturated heterocycles. The summed E-state index contributed by atoms with van der Waals surface area (Å²) < 4.78 is 61.3. The van der Waals surface area contributed by atoms with Gasteiger partial charge in [-0.2, -0.15) is 21.6 Å². The Hall–Kier alpha value is -1.77. The van der Waals surface area contributed by atoms with Crippen LogP contribution in [0.15, 0.2) is 18.2 Å². The lowest BCUT2D eigenvalue weighted by molar-refractivity contribution is -0.0500. The van der Waals surface area contributed by atoms with Gasteiger partial charge in [0.2, 0.25) is 0 Å². The number of aromatic hydroxyl groups is 1. The highest BCUT2D eigenvalue weighted by Gasteiger charge is 2.48. The Kier molecular flexibility index (Phi) is 3.56. The van der Waals surface area contributed by atoms with E-state index in [1.165, 1.54) is 0 Å². The lowest BCUT2D eigenvalue weighted by Gasteiger charge is -2.10. The summed E-state index contributed by atoms with van der Waals surface area (Å²) in [6, 6.07) is 2.40. The van der Waals surface area contributed by atoms with Crippen molar-refractivity contribution >= 4 is 15.9 Å². The summed E-state index contributed by atoms with van der Waals surface area (Å²) in [5, 5.41) is 9.13. The van der Waals surface area contributed by atoms with E-state index in [1.54, 1.807) is 0 Å². The van der Waals surface area contributed by atoms with Crippen LogP contribution in [0.5, 0.6) is 11.5 Å². The summed E-state index contributed by atoms with van der Waals surface area (Å²) in [5.41, 5.74) is -5.77. The fourth-order valence-electron chi connectivity index (χ4n) is 1.01. The summed E-state index contributed by atoms with van der Waals surface area (Å²) in [5.74, 6) is -1.95. The minimum absolute atomic E-state index is 0.178. The van der Waals surface area contributed by atoms with Gasteiger partial charge in [-0.25, -0.2) is 0 Å². The molecule has 1 aromatic rings. The summed E-state index contributed by atoms with van der Waals surface area (Å²) in [6.45, 7) is 1.09. The van der Waals surface area contributed by atoms with Gasteiger partial charge in [-0.15, -0.1) is 0 Å². The molecule has 18 heavy (non-hydrogen) atoms. The van der Waals surface area contributed by atoms with Crippen LogP contribution < -0.4 is 4.18 Å². The summed E-state index contributed by atoms with van der Waals surface area (Å²) >= 11 is 0. The number of phenols is 1. The number of phenolic OH excluding ortho intramolecular Hbond substituents is 1. The fourth-order valence-corrected chi connectivity index (χ4v) is 1.45. The monoisotopic (exact) mass is 284 g/mol. The quantitative estimate of drug-likeness (QED) is 0.520. The number of halogens is 3. The number of ketones is 1. The minimum atomic E-state index is -5.83. The molecule has 5 nitrogen and oxygen atoms in total. The molecular weight excluding hydrogens is 277 g/mol. The highest BCUT2D eigenvalue weighted by Crippen LogP contribution is 2.29. The molecule has 0 amide bonds. The van der Waals surface area contributed by atoms with E-state index in [9.17, 15) is 26.4 Å². The molecule has 0 radical (unpaired) electrons. The molecule has 100 valence electrons. The first-order valence-electron chi connectivity index (χ1n) is 4.38. The predicted octanol–water partition coefficient (Wildman–Crippen LogP) is 1.82. The molecule has 0 fully saturated rings. The Labute approximate surface area is 99.9 Å². The van der Waals surface area contributed by atoms with Crippen molar-refractivity contribution in [2.45, 2.75) is 12.4 Å². The van der Waals surface area contributed by atoms with E-state index in [0.717, 1.165) is 19.1 Å². The van der Waals surface area contributed by atoms with E-state index in [0.29, 0.717) is 6.07 Å². The molecule has 1 rings (SSSR count). The predicted molar refractivity (Wildman–Crippen MR) is 53.7 cm³/mol. The van der Waals surface area contributed by atoms with Gasteiger partial charge in [0.15, 0.2) is 5.78 Å². The molecule has 0 atom stereocenters. The molecule has 0 aromatic heterocycles. The van der Waals surface area contributed by atoms with Crippen LogP contribution in [0.4, 0.5) is 13.2 Å². The van der Waals surface area contributed by atoms with E-state index in [2.05, 4.69) is 4.18 Å². The Bertz CT molecular complexity index is 576. The molecule has 0 aliphatic carbocycles. The van der Waals surface area contributed by atoms with Crippen molar-refractivity contribution < 1.29 is 35.7 Å². The van der Waals surface area contributed by atoms with Gasteiger partial charge >= 0.3 is 15.6 Å². The minimum Gasteiger partial charge on any atom is -0.508 e. The SMILES string of the molecule is CC(=O)c1cc(O)cc(OS(=O)(=O)C(F)(F)F)c1. The zero-order valence-electron chi connectivity index (χ0n) is 8.85. The molecule has 0 bridgehead atoms. The number of carbonyl (C=O) groups is 1. The van der Waals surface area contributed by atoms with Crippen molar-refractivity contribution in [3.8, 4) is 11.5 Å². The third kappa shape index (κ3) is 3.13. The number of hydrogen-bond donors (Lipinski definition) is 1. The van der Waals surface area contributed by atoms with E-state index >= 15 is 0 Å². The smallest absolute Gasteiger partial charge is 0.508 e. The van der Waals surface area contributed by atoms with Gasteiger partial charge in [0.05, 0.1) is 0 Å². The number of benzene rings is 1. The van der Waals surface area contributed by atoms with Gasteiger partial charge in [0.1, 0.15) is 11.5 Å². The standard InChI is InChI=1S/C9H7F3O5S/c1-5(13)6-2-7(14)4-8(3-6)17-18(15,16)9(10,11)12/h2-4,14H,1H3. The first-order chi connectivity index (χ1) is 8.03. The second-order valence-electron chi connectivity index (χ2n) is 3.25. The molecule has 0 aliphatic heterocycles. The van der Waals surface area contributed by atoms with E-state index in [4.69, 9.17) is 5.11 Å². The second-order valence-corrected chi connectivity index (χ2v) is 4.79. The number of Topliss-reactive ketones (excluding diaryl/α,β-unsaturated/α-hetero) is 1. The van der Waals surface area contributed by atoms with Gasteiger partial charge in [-0.3, -0.25) is 4.79 Å². The molecule has 1 aromatic carbocycles. The van der Waals surface area contributed by atoms with E-state index in [-0.39, 0.29) is 5.56 Å². The zero-order valence-corrected chi connectivity index (χ0v) is 9.67. The second kappa shape index (κ2) is 4.48. The van der Waals surface area contributed by atoms with Gasteiger partial charge in [-0.05, 0) is 19.1 Å². The van der Waals surface area contributed by atoms with Gasteiger partial charge in [0.25, 0.3) is 0 Å². The average molecular weight is 284 g/mol. The van der Waals surface area contributed by atoms with Crippen LogP contribution in [0.3, 0.4) is 0 Å². The Morgan fingerprint density at radius 3 is 2.28 bits per heavy atom. The summed E-state index contributed by atoms with van der Waals surface area (Å²) in [4.78, 5) is 11.0. The topological polar surface area (TPSA) is 80.7 Å². The maximum absolute atomic E-state index is 12.0. The van der Waals surface area contributed by atoms with Crippen molar-refractivity contribution in [2.24, 2.45) is 0 Å². The van der Waals surface area contributed by atoms with Crippen molar-refractivity contribution in [1.29, 1.82) is 0 Å². The van der Waals surface area contributed by atoms with Crippen LogP contribution >= 0.6 is 0 Å². The number of carbonyl (C=O) groups excluding carboxylic acids is 1. The van der Waals surface area contributed by atoms with Gasteiger partial charge < -0.3 is 9.29 Å². The third-order valence-corrected chi connectivity index (χ3v) is 2.77. The summed E-state index contributed by atoms with van der Waals surface area (Å²) in [7, 11) is -5.83. The third-order valence-electron chi connectivity index (χ3n) is 1.79. The average Bonchev–Trinajstić information content (AvgIpc) is 2.13. The maximum atomic E-state index is 12.0. The normalized spacial score (nSPS) is 12.2. The van der Waals surface area contributed by atoms with Crippen LogP contribution in [0.1, 0.15) is 17.3 Å². The highest BCUT2D eigenvalue weighted by molar-refractivity contribution is 7.88. The van der Waals surface area contributed by atoms with Gasteiger partial charge in [-0.1, -0.05) is 0 Å². The highest BCUT2D eigenvalue weighted by atomic mass is 32.2. The lowest BCUT2D eigenvalue weighted by atomic mass is 10.1. The molecule has 0 unspecified atom stereocenters. The fraction of sp³-hybridized carbons (Fsp3) is 0.222. The lowest BCUT2D eigenvalue weighted by Crippen LogP contribution is -2.28. The first-order valence-corrected chi connectivity index (χ1v) is 5.79. The molecule has 1 N–H and O–H groups in total. The van der Waals surface area contributed by atoms with Crippen molar-refractivity contribution in [3.05, 3.63) is 23.8 Å². The first kappa shape index (κ1) is 14.3. The maximum Gasteiger partial charge on any atom is 0.534 e. The Morgan fingerprint density at radius 2 is 1.83 bits per heavy atom. The number of hydrogen-bond acceptors (Lipinski definition) is 5. The largest absolute Gasteiger partial charge is 0.534 e. The molecule has 9 heteroatoms. The Morgan fingerprint density at radius 1 is 1.28 bits per heavy atom. The molecule has 0 heterocycles. The Balaban J connectivity index is 3.17. The van der Waals surface area contributed by atoms with Crippen molar-refractivity contribution in [3.63, 3.8) is 0 Å². The number of alkyl halides is 3. The number of rotatable bonds is 3. The van der Waals surface area contributed by atoms with Gasteiger partial charge in [0, 0.05) is 11.6 Å². The molecule has 0 saturated carbocycles. The van der Waals surface area contributed by atoms with Crippen molar-refractivity contribution in [2.75, 3.05) is 0 Å². The molecule has 0 spiro atoms. The van der Waals surface area contributed by atoms with Crippen LogP contribution in [-0.4, -0.2) is 24.8 Å². The van der Waals surface area contributed by atoms with E-state index < -0.39 is 32.9 Å².